The summed E-state index contributed by atoms with van der Waals surface area (Å²) in [6, 6.07) is 11.0. The van der Waals surface area contributed by atoms with Crippen LogP contribution in [0.25, 0.3) is 0 Å². The Balaban J connectivity index is 1.81. The number of carbonyl (C=O) groups is 1. The van der Waals surface area contributed by atoms with E-state index in [2.05, 4.69) is 55.7 Å². The molecule has 22 heavy (non-hydrogen) atoms. The van der Waals surface area contributed by atoms with Crippen molar-refractivity contribution in [3.05, 3.63) is 35.9 Å². The zero-order valence-corrected chi connectivity index (χ0v) is 14.2. The highest BCUT2D eigenvalue weighted by molar-refractivity contribution is 5.74. The maximum absolute atomic E-state index is 12.1. The van der Waals surface area contributed by atoms with Crippen LogP contribution in [0.2, 0.25) is 0 Å². The summed E-state index contributed by atoms with van der Waals surface area (Å²) in [4.78, 5) is 12.1. The Bertz CT molecular complexity index is 464. The summed E-state index contributed by atoms with van der Waals surface area (Å²) >= 11 is 0. The van der Waals surface area contributed by atoms with Gasteiger partial charge in [-0.25, -0.2) is 4.79 Å². The lowest BCUT2D eigenvalue weighted by atomic mass is 9.79. The van der Waals surface area contributed by atoms with Crippen LogP contribution < -0.4 is 10.6 Å². The standard InChI is InChI=1S/C19H30N2O/c1-15(14-19(2,3)16-10-6-4-7-11-16)20-18(22)21-17-12-8-5-9-13-17/h4,6-7,10-11,15,17H,5,8-9,12-14H2,1-3H3,(H2,20,21,22). The Morgan fingerprint density at radius 2 is 1.82 bits per heavy atom. The number of carbonyl (C=O) groups excluding carboxylic acids is 1. The van der Waals surface area contributed by atoms with Gasteiger partial charge in [0.15, 0.2) is 0 Å². The fraction of sp³-hybridized carbons (Fsp3) is 0.632. The van der Waals surface area contributed by atoms with Crippen LogP contribution in [-0.4, -0.2) is 18.1 Å². The van der Waals surface area contributed by atoms with Gasteiger partial charge < -0.3 is 10.6 Å². The summed E-state index contributed by atoms with van der Waals surface area (Å²) in [6.07, 6.45) is 6.95. The summed E-state index contributed by atoms with van der Waals surface area (Å²) in [6.45, 7) is 6.56. The van der Waals surface area contributed by atoms with Crippen LogP contribution in [0.1, 0.15) is 64.9 Å². The lowest BCUT2D eigenvalue weighted by Crippen LogP contribution is -2.47. The lowest BCUT2D eigenvalue weighted by molar-refractivity contribution is 0.227. The minimum Gasteiger partial charge on any atom is -0.336 e. The highest BCUT2D eigenvalue weighted by atomic mass is 16.2. The molecule has 2 rings (SSSR count). The molecule has 0 saturated heterocycles. The largest absolute Gasteiger partial charge is 0.336 e. The lowest BCUT2D eigenvalue weighted by Gasteiger charge is -2.30. The first kappa shape index (κ1) is 16.9. The second-order valence-corrected chi connectivity index (χ2v) is 7.31. The first-order valence-electron chi connectivity index (χ1n) is 8.60. The van der Waals surface area contributed by atoms with Gasteiger partial charge in [-0.1, -0.05) is 63.4 Å². The minimum atomic E-state index is -0.0109. The van der Waals surface area contributed by atoms with Gasteiger partial charge in [-0.15, -0.1) is 0 Å². The highest BCUT2D eigenvalue weighted by Gasteiger charge is 2.24. The molecule has 1 aliphatic rings. The average molecular weight is 302 g/mol. The van der Waals surface area contributed by atoms with Gasteiger partial charge >= 0.3 is 6.03 Å². The van der Waals surface area contributed by atoms with Crippen LogP contribution in [0.4, 0.5) is 4.79 Å². The van der Waals surface area contributed by atoms with E-state index in [0.717, 1.165) is 19.3 Å². The SMILES string of the molecule is CC(CC(C)(C)c1ccccc1)NC(=O)NC1CCCCC1. The molecule has 2 N–H and O–H groups in total. The second-order valence-electron chi connectivity index (χ2n) is 7.31. The molecule has 3 heteroatoms. The number of benzene rings is 1. The maximum atomic E-state index is 12.1. The highest BCUT2D eigenvalue weighted by Crippen LogP contribution is 2.28. The van der Waals surface area contributed by atoms with Crippen LogP contribution in [-0.2, 0) is 5.41 Å². The molecule has 122 valence electrons. The van der Waals surface area contributed by atoms with Crippen LogP contribution in [0, 0.1) is 0 Å². The fourth-order valence-corrected chi connectivity index (χ4v) is 3.52. The van der Waals surface area contributed by atoms with Crippen LogP contribution in [0.3, 0.4) is 0 Å². The molecule has 0 aliphatic heterocycles. The smallest absolute Gasteiger partial charge is 0.315 e. The van der Waals surface area contributed by atoms with Gasteiger partial charge in [-0.2, -0.15) is 0 Å². The van der Waals surface area contributed by atoms with E-state index in [-0.39, 0.29) is 17.5 Å². The molecule has 3 nitrogen and oxygen atoms in total. The van der Waals surface area contributed by atoms with Crippen LogP contribution >= 0.6 is 0 Å². The van der Waals surface area contributed by atoms with E-state index in [0.29, 0.717) is 6.04 Å². The van der Waals surface area contributed by atoms with E-state index in [9.17, 15) is 4.79 Å². The van der Waals surface area contributed by atoms with Gasteiger partial charge in [0.05, 0.1) is 0 Å². The molecule has 1 aromatic carbocycles. The van der Waals surface area contributed by atoms with Crippen molar-refractivity contribution >= 4 is 6.03 Å². The Labute approximate surface area is 134 Å². The van der Waals surface area contributed by atoms with Crippen LogP contribution in [0.15, 0.2) is 30.3 Å². The first-order valence-corrected chi connectivity index (χ1v) is 8.60. The van der Waals surface area contributed by atoms with E-state index >= 15 is 0 Å². The van der Waals surface area contributed by atoms with Crippen molar-refractivity contribution in [2.24, 2.45) is 0 Å². The van der Waals surface area contributed by atoms with Gasteiger partial charge in [0.1, 0.15) is 0 Å². The quantitative estimate of drug-likeness (QED) is 0.833. The summed E-state index contributed by atoms with van der Waals surface area (Å²) in [7, 11) is 0. The molecule has 1 aliphatic carbocycles. The number of rotatable bonds is 5. The topological polar surface area (TPSA) is 41.1 Å². The number of urea groups is 1. The van der Waals surface area contributed by atoms with Gasteiger partial charge in [-0.3, -0.25) is 0 Å². The maximum Gasteiger partial charge on any atom is 0.315 e. The molecule has 0 heterocycles. The fourth-order valence-electron chi connectivity index (χ4n) is 3.52. The molecule has 2 amide bonds. The Morgan fingerprint density at radius 1 is 1.18 bits per heavy atom. The van der Waals surface area contributed by atoms with Gasteiger partial charge in [0.2, 0.25) is 0 Å². The minimum absolute atomic E-state index is 0.0109. The van der Waals surface area contributed by atoms with Crippen molar-refractivity contribution in [2.75, 3.05) is 0 Å². The van der Waals surface area contributed by atoms with Crippen molar-refractivity contribution in [1.29, 1.82) is 0 Å². The normalized spacial score (nSPS) is 17.8. The second kappa shape index (κ2) is 7.66. The first-order chi connectivity index (χ1) is 10.5. The molecular formula is C19H30N2O. The molecule has 0 spiro atoms. The molecule has 1 saturated carbocycles. The molecule has 0 bridgehead atoms. The average Bonchev–Trinajstić information content (AvgIpc) is 2.48. The van der Waals surface area contributed by atoms with Crippen molar-refractivity contribution < 1.29 is 4.79 Å². The zero-order valence-electron chi connectivity index (χ0n) is 14.2. The molecule has 0 aromatic heterocycles. The van der Waals surface area contributed by atoms with Gasteiger partial charge in [0, 0.05) is 12.1 Å². The van der Waals surface area contributed by atoms with E-state index in [1.807, 2.05) is 6.07 Å². The Morgan fingerprint density at radius 3 is 2.45 bits per heavy atom. The molecular weight excluding hydrogens is 272 g/mol. The molecule has 0 radical (unpaired) electrons. The summed E-state index contributed by atoms with van der Waals surface area (Å²) in [5.41, 5.74) is 1.37. The summed E-state index contributed by atoms with van der Waals surface area (Å²) in [5, 5.41) is 6.23. The van der Waals surface area contributed by atoms with E-state index in [1.54, 1.807) is 0 Å². The Kier molecular flexibility index (Phi) is 5.87. The predicted octanol–water partition coefficient (Wildman–Crippen LogP) is 4.37. The number of hydrogen-bond donors (Lipinski definition) is 2. The molecule has 1 atom stereocenters. The molecule has 1 aromatic rings. The van der Waals surface area contributed by atoms with Crippen molar-refractivity contribution in [3.8, 4) is 0 Å². The number of nitrogens with one attached hydrogen (secondary N) is 2. The summed E-state index contributed by atoms with van der Waals surface area (Å²) in [5.74, 6) is 0. The number of amides is 2. The van der Waals surface area contributed by atoms with Crippen molar-refractivity contribution in [2.45, 2.75) is 76.8 Å². The predicted molar refractivity (Wildman–Crippen MR) is 92.1 cm³/mol. The molecule has 1 unspecified atom stereocenters. The third-order valence-corrected chi connectivity index (χ3v) is 4.69. The van der Waals surface area contributed by atoms with Crippen LogP contribution in [0.5, 0.6) is 0 Å². The summed E-state index contributed by atoms with van der Waals surface area (Å²) < 4.78 is 0. The molecule has 1 fully saturated rings. The third-order valence-electron chi connectivity index (χ3n) is 4.69. The Hall–Kier alpha value is -1.51. The van der Waals surface area contributed by atoms with Crippen molar-refractivity contribution in [3.63, 3.8) is 0 Å². The number of hydrogen-bond acceptors (Lipinski definition) is 1. The van der Waals surface area contributed by atoms with E-state index in [4.69, 9.17) is 0 Å². The van der Waals surface area contributed by atoms with E-state index in [1.165, 1.54) is 24.8 Å². The monoisotopic (exact) mass is 302 g/mol. The van der Waals surface area contributed by atoms with Gasteiger partial charge in [0.25, 0.3) is 0 Å². The third kappa shape index (κ3) is 5.04. The van der Waals surface area contributed by atoms with E-state index < -0.39 is 0 Å². The van der Waals surface area contributed by atoms with Gasteiger partial charge in [-0.05, 0) is 37.2 Å². The zero-order chi connectivity index (χ0) is 16.0. The van der Waals surface area contributed by atoms with Crippen molar-refractivity contribution in [1.82, 2.24) is 10.6 Å².